The summed E-state index contributed by atoms with van der Waals surface area (Å²) in [5, 5.41) is 0. The summed E-state index contributed by atoms with van der Waals surface area (Å²) >= 11 is 0. The maximum atomic E-state index is 14.8. The first-order chi connectivity index (χ1) is 18.5. The average Bonchev–Trinajstić information content (AvgIpc) is 2.87. The van der Waals surface area contributed by atoms with E-state index in [1.807, 2.05) is 37.6 Å². The number of carbonyl (C=O) groups excluding carboxylic acids is 2. The van der Waals surface area contributed by atoms with Gasteiger partial charge >= 0.3 is 0 Å². The molecule has 2 aromatic carbocycles. The van der Waals surface area contributed by atoms with Crippen molar-refractivity contribution in [2.75, 3.05) is 6.61 Å². The molecule has 0 saturated carbocycles. The molecule has 202 valence electrons. The van der Waals surface area contributed by atoms with Gasteiger partial charge in [-0.3, -0.25) is 9.59 Å². The number of nitrogens with zero attached hydrogens (tertiary/aromatic N) is 1. The largest absolute Gasteiger partial charge is 0.494 e. The van der Waals surface area contributed by atoms with Crippen LogP contribution < -0.4 is 14.2 Å². The fraction of sp³-hybridized carbons (Fsp3) is 0.207. The van der Waals surface area contributed by atoms with E-state index in [-0.39, 0.29) is 29.1 Å². The molecular weight excluding hydrogens is 523 g/mol. The van der Waals surface area contributed by atoms with Crippen LogP contribution in [0.25, 0.3) is 11.3 Å². The molecule has 0 fully saturated rings. The first-order valence-corrected chi connectivity index (χ1v) is 13.6. The average molecular weight is 551 g/mol. The Labute approximate surface area is 226 Å². The van der Waals surface area contributed by atoms with E-state index >= 15 is 0 Å². The van der Waals surface area contributed by atoms with Crippen molar-refractivity contribution < 1.29 is 31.9 Å². The molecule has 8 nitrogen and oxygen atoms in total. The molecule has 10 heteroatoms. The summed E-state index contributed by atoms with van der Waals surface area (Å²) in [5.41, 5.74) is 2.54. The van der Waals surface area contributed by atoms with Crippen LogP contribution in [-0.2, 0) is 14.8 Å². The topological polar surface area (TPSA) is 112 Å². The number of benzene rings is 2. The third-order valence-electron chi connectivity index (χ3n) is 5.91. The van der Waals surface area contributed by atoms with E-state index in [2.05, 4.69) is 4.98 Å². The lowest BCUT2D eigenvalue weighted by atomic mass is 10.1. The zero-order chi connectivity index (χ0) is 28.3. The Kier molecular flexibility index (Phi) is 7.96. The fourth-order valence-corrected chi connectivity index (χ4v) is 5.32. The van der Waals surface area contributed by atoms with Crippen molar-refractivity contribution in [3.8, 4) is 28.6 Å². The molecule has 0 bridgehead atoms. The first-order valence-electron chi connectivity index (χ1n) is 12.2. The Morgan fingerprint density at radius 1 is 1.08 bits per heavy atom. The minimum atomic E-state index is -4.47. The number of nitrogens with one attached hydrogen (secondary N) is 1. The lowest BCUT2D eigenvalue weighted by molar-refractivity contribution is -0.114. The molecule has 0 radical (unpaired) electrons. The highest BCUT2D eigenvalue weighted by Crippen LogP contribution is 2.34. The second-order valence-corrected chi connectivity index (χ2v) is 10.6. The molecular formula is C29H27FN2O6S. The Bertz CT molecular complexity index is 1620. The van der Waals surface area contributed by atoms with E-state index < -0.39 is 32.4 Å². The molecule has 3 aromatic rings. The van der Waals surface area contributed by atoms with Gasteiger partial charge in [0.05, 0.1) is 12.3 Å². The molecule has 0 spiro atoms. The molecule has 0 aliphatic heterocycles. The van der Waals surface area contributed by atoms with Gasteiger partial charge in [0.2, 0.25) is 5.88 Å². The van der Waals surface area contributed by atoms with Crippen molar-refractivity contribution in [3.63, 3.8) is 0 Å². The van der Waals surface area contributed by atoms with E-state index in [9.17, 15) is 22.4 Å². The molecule has 1 aliphatic carbocycles. The van der Waals surface area contributed by atoms with Gasteiger partial charge in [-0.05, 0) is 75.2 Å². The maximum Gasteiger partial charge on any atom is 0.270 e. The number of aryl methyl sites for hydroxylation is 3. The number of Topliss-reactive ketones (excluding diaryl/α,β-unsaturated/α-hetero) is 1. The summed E-state index contributed by atoms with van der Waals surface area (Å²) in [6.07, 6.45) is 3.99. The van der Waals surface area contributed by atoms with Gasteiger partial charge in [0.15, 0.2) is 5.78 Å². The van der Waals surface area contributed by atoms with E-state index in [0.29, 0.717) is 18.1 Å². The standard InChI is InChI=1S/C29H27FN2O6S/c1-5-37-20-10-12-23(30)22(16-20)24-13-11-21(28(34)32-39(35,36)26-9-7-6-8-25(26)33)29(31-24)38-27-18(3)14-17(2)15-19(27)4/h6-7,9-16H,5,8H2,1-4H3,(H,32,34). The van der Waals surface area contributed by atoms with E-state index in [0.717, 1.165) is 22.8 Å². The lowest BCUT2D eigenvalue weighted by Crippen LogP contribution is -2.34. The third-order valence-corrected chi connectivity index (χ3v) is 7.31. The molecule has 1 heterocycles. The third kappa shape index (κ3) is 6.06. The van der Waals surface area contributed by atoms with Crippen molar-refractivity contribution in [1.29, 1.82) is 0 Å². The first kappa shape index (κ1) is 27.7. The highest BCUT2D eigenvalue weighted by Gasteiger charge is 2.29. The SMILES string of the molecule is CCOc1ccc(F)c(-c2ccc(C(=O)NS(=O)(=O)C3=CC=CCC3=O)c(Oc3c(C)cc(C)cc3C)n2)c1. The van der Waals surface area contributed by atoms with Crippen LogP contribution in [0.15, 0.2) is 65.6 Å². The zero-order valence-electron chi connectivity index (χ0n) is 21.9. The van der Waals surface area contributed by atoms with Crippen molar-refractivity contribution in [1.82, 2.24) is 9.71 Å². The minimum Gasteiger partial charge on any atom is -0.494 e. The number of hydrogen-bond acceptors (Lipinski definition) is 7. The summed E-state index contributed by atoms with van der Waals surface area (Å²) in [7, 11) is -4.47. The molecule has 1 N–H and O–H groups in total. The van der Waals surface area contributed by atoms with Crippen LogP contribution >= 0.6 is 0 Å². The molecule has 0 unspecified atom stereocenters. The van der Waals surface area contributed by atoms with Crippen LogP contribution in [-0.4, -0.2) is 31.7 Å². The predicted molar refractivity (Wildman–Crippen MR) is 145 cm³/mol. The summed E-state index contributed by atoms with van der Waals surface area (Å²) in [4.78, 5) is 29.3. The highest BCUT2D eigenvalue weighted by atomic mass is 32.2. The van der Waals surface area contributed by atoms with Gasteiger partial charge in [-0.2, -0.15) is 0 Å². The van der Waals surface area contributed by atoms with Crippen molar-refractivity contribution >= 4 is 21.7 Å². The van der Waals surface area contributed by atoms with Gasteiger partial charge in [0.25, 0.3) is 15.9 Å². The summed E-state index contributed by atoms with van der Waals surface area (Å²) in [6.45, 7) is 7.75. The zero-order valence-corrected chi connectivity index (χ0v) is 22.7. The van der Waals surface area contributed by atoms with Crippen LogP contribution in [0.3, 0.4) is 0 Å². The van der Waals surface area contributed by atoms with Crippen LogP contribution in [0, 0.1) is 26.6 Å². The van der Waals surface area contributed by atoms with E-state index in [4.69, 9.17) is 9.47 Å². The number of hydrogen-bond donors (Lipinski definition) is 1. The number of ketones is 1. The Balaban J connectivity index is 1.80. The summed E-state index contributed by atoms with van der Waals surface area (Å²) in [5.74, 6) is -1.66. The molecule has 0 atom stereocenters. The highest BCUT2D eigenvalue weighted by molar-refractivity contribution is 7.95. The molecule has 39 heavy (non-hydrogen) atoms. The Morgan fingerprint density at radius 2 is 1.79 bits per heavy atom. The number of amides is 1. The smallest absolute Gasteiger partial charge is 0.270 e. The van der Waals surface area contributed by atoms with Crippen LogP contribution in [0.2, 0.25) is 0 Å². The van der Waals surface area contributed by atoms with E-state index in [1.54, 1.807) is 6.92 Å². The molecule has 4 rings (SSSR count). The van der Waals surface area contributed by atoms with Crippen LogP contribution in [0.1, 0.15) is 40.4 Å². The molecule has 1 amide bonds. The number of allylic oxidation sites excluding steroid dienone is 4. The lowest BCUT2D eigenvalue weighted by Gasteiger charge is -2.17. The number of pyridine rings is 1. The second kappa shape index (κ2) is 11.2. The number of aromatic nitrogens is 1. The van der Waals surface area contributed by atoms with Crippen molar-refractivity contribution in [2.45, 2.75) is 34.1 Å². The van der Waals surface area contributed by atoms with Crippen molar-refractivity contribution in [3.05, 3.63) is 93.7 Å². The number of ether oxygens (including phenoxy) is 2. The van der Waals surface area contributed by atoms with Gasteiger partial charge < -0.3 is 9.47 Å². The summed E-state index contributed by atoms with van der Waals surface area (Å²) < 4.78 is 54.0. The quantitative estimate of drug-likeness (QED) is 0.396. The van der Waals surface area contributed by atoms with Crippen LogP contribution in [0.4, 0.5) is 4.39 Å². The number of carbonyl (C=O) groups is 2. The second-order valence-electron chi connectivity index (χ2n) is 8.97. The Morgan fingerprint density at radius 3 is 2.46 bits per heavy atom. The summed E-state index contributed by atoms with van der Waals surface area (Å²) in [6, 6.07) is 10.7. The van der Waals surface area contributed by atoms with Gasteiger partial charge in [-0.15, -0.1) is 0 Å². The van der Waals surface area contributed by atoms with Gasteiger partial charge in [-0.1, -0.05) is 29.8 Å². The number of halogens is 1. The van der Waals surface area contributed by atoms with E-state index in [1.165, 1.54) is 42.5 Å². The monoisotopic (exact) mass is 550 g/mol. The predicted octanol–water partition coefficient (Wildman–Crippen LogP) is 5.48. The molecule has 0 saturated heterocycles. The molecule has 1 aliphatic rings. The van der Waals surface area contributed by atoms with Crippen molar-refractivity contribution in [2.24, 2.45) is 0 Å². The van der Waals surface area contributed by atoms with Gasteiger partial charge in [0, 0.05) is 12.0 Å². The maximum absolute atomic E-state index is 14.8. The Hall–Kier alpha value is -4.31. The van der Waals surface area contributed by atoms with Crippen LogP contribution in [0.5, 0.6) is 17.4 Å². The normalized spacial score (nSPS) is 13.2. The van der Waals surface area contributed by atoms with Gasteiger partial charge in [0.1, 0.15) is 27.8 Å². The van der Waals surface area contributed by atoms with Gasteiger partial charge in [-0.25, -0.2) is 22.5 Å². The molecule has 1 aromatic heterocycles. The fourth-order valence-electron chi connectivity index (χ4n) is 4.22. The minimum absolute atomic E-state index is 0.0934. The number of rotatable bonds is 8. The number of sulfonamides is 1.